The first-order valence-corrected chi connectivity index (χ1v) is 9.29. The molecule has 4 rings (SSSR count). The summed E-state index contributed by atoms with van der Waals surface area (Å²) >= 11 is 0. The molecule has 1 amide bonds. The maximum atomic E-state index is 12.3. The van der Waals surface area contributed by atoms with Crippen LogP contribution < -0.4 is 5.32 Å². The first-order valence-electron chi connectivity index (χ1n) is 9.29. The molecule has 0 spiro atoms. The highest BCUT2D eigenvalue weighted by atomic mass is 16.5. The van der Waals surface area contributed by atoms with Crippen LogP contribution in [0.5, 0.6) is 0 Å². The molecule has 142 valence electrons. The summed E-state index contributed by atoms with van der Waals surface area (Å²) in [6.07, 6.45) is 0.835. The number of ether oxygens (including phenoxy) is 1. The van der Waals surface area contributed by atoms with Gasteiger partial charge < -0.3 is 10.1 Å². The molecule has 1 N–H and O–H groups in total. The highest BCUT2D eigenvalue weighted by Gasteiger charge is 2.40. The van der Waals surface area contributed by atoms with Crippen molar-refractivity contribution >= 4 is 17.7 Å². The summed E-state index contributed by atoms with van der Waals surface area (Å²) in [5.74, 6) is 0.115. The van der Waals surface area contributed by atoms with Crippen molar-refractivity contribution in [3.63, 3.8) is 0 Å². The number of nitrogens with zero attached hydrogens (tertiary/aromatic N) is 2. The van der Waals surface area contributed by atoms with Crippen LogP contribution in [0.2, 0.25) is 0 Å². The van der Waals surface area contributed by atoms with Crippen LogP contribution in [-0.4, -0.2) is 28.3 Å². The molecule has 6 heteroatoms. The molecule has 0 aliphatic heterocycles. The third kappa shape index (κ3) is 3.96. The number of aromatic nitrogens is 2. The van der Waals surface area contributed by atoms with Gasteiger partial charge in [-0.3, -0.25) is 9.59 Å². The number of carbonyl (C=O) groups excluding carboxylic acids is 2. The Hall–Kier alpha value is -3.41. The number of hydrogen-bond acceptors (Lipinski definition) is 4. The molecule has 2 atom stereocenters. The first kappa shape index (κ1) is 18.0. The van der Waals surface area contributed by atoms with Crippen molar-refractivity contribution in [3.05, 3.63) is 66.7 Å². The van der Waals surface area contributed by atoms with E-state index in [-0.39, 0.29) is 18.5 Å². The molecule has 3 aromatic rings. The molecule has 1 aliphatic rings. The smallest absolute Gasteiger partial charge is 0.309 e. The first-order chi connectivity index (χ1) is 13.6. The van der Waals surface area contributed by atoms with Crippen LogP contribution in [0.3, 0.4) is 0 Å². The lowest BCUT2D eigenvalue weighted by molar-refractivity contribution is -0.148. The van der Waals surface area contributed by atoms with E-state index in [9.17, 15) is 9.59 Å². The van der Waals surface area contributed by atoms with E-state index in [1.165, 1.54) is 0 Å². The molecule has 0 bridgehead atoms. The van der Waals surface area contributed by atoms with Crippen molar-refractivity contribution in [1.82, 2.24) is 9.78 Å². The van der Waals surface area contributed by atoms with E-state index >= 15 is 0 Å². The van der Waals surface area contributed by atoms with Gasteiger partial charge >= 0.3 is 5.97 Å². The fourth-order valence-corrected chi connectivity index (χ4v) is 3.06. The fraction of sp³-hybridized carbons (Fsp3) is 0.227. The van der Waals surface area contributed by atoms with Crippen molar-refractivity contribution in [3.8, 4) is 16.9 Å². The predicted octanol–water partition coefficient (Wildman–Crippen LogP) is 3.68. The second-order valence-electron chi connectivity index (χ2n) is 7.00. The van der Waals surface area contributed by atoms with Crippen molar-refractivity contribution in [2.75, 3.05) is 11.9 Å². The molecule has 0 saturated heterocycles. The van der Waals surface area contributed by atoms with Gasteiger partial charge in [-0.25, -0.2) is 4.68 Å². The number of nitrogens with one attached hydrogen (secondary N) is 1. The molecule has 2 aromatic carbocycles. The largest absolute Gasteiger partial charge is 0.455 e. The zero-order valence-corrected chi connectivity index (χ0v) is 15.5. The maximum absolute atomic E-state index is 12.3. The summed E-state index contributed by atoms with van der Waals surface area (Å²) < 4.78 is 6.80. The number of hydrogen-bond donors (Lipinski definition) is 1. The number of esters is 1. The van der Waals surface area contributed by atoms with Crippen molar-refractivity contribution in [2.45, 2.75) is 13.3 Å². The van der Waals surface area contributed by atoms with Crippen LogP contribution in [-0.2, 0) is 14.3 Å². The van der Waals surface area contributed by atoms with Gasteiger partial charge in [-0.05, 0) is 24.5 Å². The highest BCUT2D eigenvalue weighted by molar-refractivity contribution is 5.93. The topological polar surface area (TPSA) is 73.2 Å². The standard InChI is InChI=1S/C22H21N3O3/c1-15-12-18(15)22(27)28-14-21(26)23-20-13-19(16-8-4-2-5-9-16)24-25(20)17-10-6-3-7-11-17/h2-11,13,15,18H,12,14H2,1H3,(H,23,26). The quantitative estimate of drug-likeness (QED) is 0.667. The molecular formula is C22H21N3O3. The van der Waals surface area contributed by atoms with E-state index in [4.69, 9.17) is 4.74 Å². The average molecular weight is 375 g/mol. The third-order valence-corrected chi connectivity index (χ3v) is 4.80. The van der Waals surface area contributed by atoms with Crippen LogP contribution in [0.15, 0.2) is 66.7 Å². The average Bonchev–Trinajstić information content (AvgIpc) is 3.32. The lowest BCUT2D eigenvalue weighted by Crippen LogP contribution is -2.23. The van der Waals surface area contributed by atoms with Crippen LogP contribution in [0.1, 0.15) is 13.3 Å². The van der Waals surface area contributed by atoms with E-state index in [2.05, 4.69) is 10.4 Å². The van der Waals surface area contributed by atoms with Crippen LogP contribution in [0, 0.1) is 11.8 Å². The summed E-state index contributed by atoms with van der Waals surface area (Å²) in [6, 6.07) is 21.1. The highest BCUT2D eigenvalue weighted by Crippen LogP contribution is 2.38. The Balaban J connectivity index is 1.54. The van der Waals surface area contributed by atoms with Gasteiger partial charge in [0.15, 0.2) is 6.61 Å². The summed E-state index contributed by atoms with van der Waals surface area (Å²) in [5, 5.41) is 7.45. The lowest BCUT2D eigenvalue weighted by atomic mass is 10.2. The molecule has 1 aliphatic carbocycles. The molecule has 1 fully saturated rings. The normalized spacial score (nSPS) is 17.8. The van der Waals surface area contributed by atoms with Crippen LogP contribution >= 0.6 is 0 Å². The van der Waals surface area contributed by atoms with E-state index in [0.29, 0.717) is 11.7 Å². The van der Waals surface area contributed by atoms with Crippen LogP contribution in [0.4, 0.5) is 5.82 Å². The van der Waals surface area contributed by atoms with Gasteiger partial charge in [-0.1, -0.05) is 55.5 Å². The predicted molar refractivity (Wildman–Crippen MR) is 106 cm³/mol. The van der Waals surface area contributed by atoms with E-state index in [1.807, 2.05) is 73.7 Å². The van der Waals surface area contributed by atoms with Gasteiger partial charge in [0.05, 0.1) is 17.3 Å². The zero-order valence-electron chi connectivity index (χ0n) is 15.5. The minimum absolute atomic E-state index is 0.0627. The number of amides is 1. The monoisotopic (exact) mass is 375 g/mol. The van der Waals surface area contributed by atoms with Crippen LogP contribution in [0.25, 0.3) is 16.9 Å². The lowest BCUT2D eigenvalue weighted by Gasteiger charge is -2.09. The van der Waals surface area contributed by atoms with E-state index in [1.54, 1.807) is 4.68 Å². The Labute approximate surface area is 163 Å². The van der Waals surface area contributed by atoms with Gasteiger partial charge in [0.2, 0.25) is 0 Å². The Morgan fingerprint density at radius 3 is 2.39 bits per heavy atom. The van der Waals surface area contributed by atoms with Crippen molar-refractivity contribution in [1.29, 1.82) is 0 Å². The second kappa shape index (κ2) is 7.68. The minimum atomic E-state index is -0.390. The number of carbonyl (C=O) groups is 2. The summed E-state index contributed by atoms with van der Waals surface area (Å²) in [7, 11) is 0. The fourth-order valence-electron chi connectivity index (χ4n) is 3.06. The molecule has 28 heavy (non-hydrogen) atoms. The Bertz CT molecular complexity index is 983. The molecular weight excluding hydrogens is 354 g/mol. The van der Waals surface area contributed by atoms with Gasteiger partial charge in [-0.2, -0.15) is 5.10 Å². The zero-order chi connectivity index (χ0) is 19.5. The number of rotatable bonds is 6. The maximum Gasteiger partial charge on any atom is 0.309 e. The number of para-hydroxylation sites is 1. The molecule has 1 heterocycles. The van der Waals surface area contributed by atoms with E-state index < -0.39 is 5.91 Å². The number of benzene rings is 2. The summed E-state index contributed by atoms with van der Waals surface area (Å²) in [5.41, 5.74) is 2.51. The third-order valence-electron chi connectivity index (χ3n) is 4.80. The molecule has 6 nitrogen and oxygen atoms in total. The minimum Gasteiger partial charge on any atom is -0.455 e. The summed E-state index contributed by atoms with van der Waals surface area (Å²) in [6.45, 7) is 1.69. The molecule has 1 aromatic heterocycles. The Morgan fingerprint density at radius 1 is 1.11 bits per heavy atom. The SMILES string of the molecule is CC1CC1C(=O)OCC(=O)Nc1cc(-c2ccccc2)nn1-c1ccccc1. The molecule has 1 saturated carbocycles. The van der Waals surface area contributed by atoms with Crippen molar-refractivity contribution in [2.24, 2.45) is 11.8 Å². The van der Waals surface area contributed by atoms with Gasteiger partial charge in [-0.15, -0.1) is 0 Å². The second-order valence-corrected chi connectivity index (χ2v) is 7.00. The van der Waals surface area contributed by atoms with E-state index in [0.717, 1.165) is 23.4 Å². The molecule has 0 radical (unpaired) electrons. The van der Waals surface area contributed by atoms with Gasteiger partial charge in [0, 0.05) is 11.6 Å². The molecule has 2 unspecified atom stereocenters. The number of anilines is 1. The summed E-state index contributed by atoms with van der Waals surface area (Å²) in [4.78, 5) is 24.2. The van der Waals surface area contributed by atoms with Gasteiger partial charge in [0.25, 0.3) is 5.91 Å². The van der Waals surface area contributed by atoms with Gasteiger partial charge in [0.1, 0.15) is 5.82 Å². The van der Waals surface area contributed by atoms with Crippen molar-refractivity contribution < 1.29 is 14.3 Å². The Kier molecular flexibility index (Phi) is 4.93. The Morgan fingerprint density at radius 2 is 1.75 bits per heavy atom.